The van der Waals surface area contributed by atoms with E-state index in [9.17, 15) is 4.79 Å². The lowest BCUT2D eigenvalue weighted by molar-refractivity contribution is -0.136. The molecule has 1 amide bonds. The zero-order valence-corrected chi connectivity index (χ0v) is 13.3. The van der Waals surface area contributed by atoms with Crippen molar-refractivity contribution >= 4 is 34.2 Å². The van der Waals surface area contributed by atoms with Gasteiger partial charge in [-0.2, -0.15) is 0 Å². The number of hydrogen-bond acceptors (Lipinski definition) is 2. The van der Waals surface area contributed by atoms with Crippen molar-refractivity contribution < 1.29 is 4.79 Å². The molecule has 2 N–H and O–H groups in total. The Labute approximate surface area is 123 Å². The monoisotopic (exact) mass is 334 g/mol. The Balaban J connectivity index is 0.00000289. The highest BCUT2D eigenvalue weighted by molar-refractivity contribution is 9.10. The largest absolute Gasteiger partial charge is 0.341 e. The second-order valence-corrected chi connectivity index (χ2v) is 5.10. The highest BCUT2D eigenvalue weighted by Gasteiger charge is 2.33. The lowest BCUT2D eigenvalue weighted by atomic mass is 9.91. The molecule has 0 aliphatic rings. The van der Waals surface area contributed by atoms with Crippen molar-refractivity contribution in [1.29, 1.82) is 0 Å². The van der Waals surface area contributed by atoms with Crippen molar-refractivity contribution in [3.05, 3.63) is 34.3 Å². The summed E-state index contributed by atoms with van der Waals surface area (Å²) in [5.74, 6) is -0.0372. The minimum absolute atomic E-state index is 0. The van der Waals surface area contributed by atoms with E-state index in [0.29, 0.717) is 13.1 Å². The van der Waals surface area contributed by atoms with Crippen molar-refractivity contribution in [2.24, 2.45) is 5.73 Å². The van der Waals surface area contributed by atoms with Crippen LogP contribution in [0.1, 0.15) is 26.3 Å². The first-order valence-electron chi connectivity index (χ1n) is 5.77. The van der Waals surface area contributed by atoms with Gasteiger partial charge in [0.25, 0.3) is 0 Å². The van der Waals surface area contributed by atoms with E-state index < -0.39 is 5.54 Å². The van der Waals surface area contributed by atoms with Gasteiger partial charge < -0.3 is 10.6 Å². The van der Waals surface area contributed by atoms with Gasteiger partial charge in [-0.15, -0.1) is 12.4 Å². The molecule has 0 aliphatic heterocycles. The van der Waals surface area contributed by atoms with E-state index in [1.165, 1.54) is 0 Å². The Hall–Kier alpha value is -0.580. The molecule has 0 radical (unpaired) electrons. The maximum absolute atomic E-state index is 12.3. The van der Waals surface area contributed by atoms with Gasteiger partial charge in [0.2, 0.25) is 5.91 Å². The van der Waals surface area contributed by atoms with Gasteiger partial charge >= 0.3 is 0 Å². The highest BCUT2D eigenvalue weighted by Crippen LogP contribution is 2.22. The number of halogens is 2. The molecule has 1 aromatic carbocycles. The third kappa shape index (κ3) is 3.70. The molecule has 0 fully saturated rings. The summed E-state index contributed by atoms with van der Waals surface area (Å²) in [5.41, 5.74) is 6.04. The molecule has 0 bridgehead atoms. The van der Waals surface area contributed by atoms with Crippen molar-refractivity contribution in [3.63, 3.8) is 0 Å². The molecule has 0 saturated carbocycles. The van der Waals surface area contributed by atoms with Crippen LogP contribution in [0, 0.1) is 0 Å². The number of nitrogens with zero attached hydrogens (tertiary/aromatic N) is 1. The first kappa shape index (κ1) is 17.4. The number of amides is 1. The van der Waals surface area contributed by atoms with Crippen LogP contribution in [0.15, 0.2) is 28.7 Å². The fraction of sp³-hybridized carbons (Fsp3) is 0.462. The normalized spacial score (nSPS) is 13.4. The molecule has 1 aromatic rings. The molecule has 5 heteroatoms. The molecule has 0 aliphatic carbocycles. The predicted molar refractivity (Wildman–Crippen MR) is 80.9 cm³/mol. The molecule has 1 atom stereocenters. The lowest BCUT2D eigenvalue weighted by Gasteiger charge is -2.30. The Morgan fingerprint density at radius 2 is 1.72 bits per heavy atom. The SMILES string of the molecule is CCN(CC)C(=O)C(C)(N)c1ccc(Br)cc1.Cl. The number of carbonyl (C=O) groups excluding carboxylic acids is 1. The van der Waals surface area contributed by atoms with Crippen LogP contribution in [0.2, 0.25) is 0 Å². The van der Waals surface area contributed by atoms with Crippen molar-refractivity contribution in [3.8, 4) is 0 Å². The second kappa shape index (κ2) is 7.12. The van der Waals surface area contributed by atoms with Gasteiger partial charge in [-0.1, -0.05) is 28.1 Å². The van der Waals surface area contributed by atoms with Gasteiger partial charge in [-0.05, 0) is 38.5 Å². The molecule has 0 spiro atoms. The van der Waals surface area contributed by atoms with E-state index in [0.717, 1.165) is 10.0 Å². The van der Waals surface area contributed by atoms with Gasteiger partial charge in [0.05, 0.1) is 0 Å². The van der Waals surface area contributed by atoms with Crippen LogP contribution in [0.3, 0.4) is 0 Å². The fourth-order valence-electron chi connectivity index (χ4n) is 1.76. The summed E-state index contributed by atoms with van der Waals surface area (Å²) in [7, 11) is 0. The summed E-state index contributed by atoms with van der Waals surface area (Å²) in [6, 6.07) is 7.56. The lowest BCUT2D eigenvalue weighted by Crippen LogP contribution is -2.50. The average Bonchev–Trinajstić information content (AvgIpc) is 2.31. The zero-order valence-electron chi connectivity index (χ0n) is 10.9. The predicted octanol–water partition coefficient (Wildman–Crippen LogP) is 2.91. The molecular formula is C13H20BrClN2O. The molecule has 102 valence electrons. The van der Waals surface area contributed by atoms with Gasteiger partial charge in [0.1, 0.15) is 5.54 Å². The molecule has 0 saturated heterocycles. The topological polar surface area (TPSA) is 46.3 Å². The molecule has 1 rings (SSSR count). The Bertz CT molecular complexity index is 388. The number of hydrogen-bond donors (Lipinski definition) is 1. The van der Waals surface area contributed by atoms with Crippen LogP contribution in [-0.2, 0) is 10.3 Å². The number of nitrogens with two attached hydrogens (primary N) is 1. The molecule has 0 heterocycles. The van der Waals surface area contributed by atoms with E-state index >= 15 is 0 Å². The standard InChI is InChI=1S/C13H19BrN2O.ClH/c1-4-16(5-2)12(17)13(3,15)10-6-8-11(14)9-7-10;/h6-9H,4-5,15H2,1-3H3;1H. The van der Waals surface area contributed by atoms with Gasteiger partial charge in [0, 0.05) is 17.6 Å². The quantitative estimate of drug-likeness (QED) is 0.919. The summed E-state index contributed by atoms with van der Waals surface area (Å²) in [6.45, 7) is 7.03. The van der Waals surface area contributed by atoms with Crippen molar-refractivity contribution in [2.75, 3.05) is 13.1 Å². The molecule has 1 unspecified atom stereocenters. The van der Waals surface area contributed by atoms with E-state index in [-0.39, 0.29) is 18.3 Å². The van der Waals surface area contributed by atoms with Gasteiger partial charge in [-0.3, -0.25) is 4.79 Å². The van der Waals surface area contributed by atoms with E-state index in [4.69, 9.17) is 5.73 Å². The average molecular weight is 336 g/mol. The number of rotatable bonds is 4. The van der Waals surface area contributed by atoms with Crippen LogP contribution in [0.25, 0.3) is 0 Å². The van der Waals surface area contributed by atoms with Crippen molar-refractivity contribution in [1.82, 2.24) is 4.90 Å². The molecule has 0 aromatic heterocycles. The fourth-order valence-corrected chi connectivity index (χ4v) is 2.02. The summed E-state index contributed by atoms with van der Waals surface area (Å²) in [6.07, 6.45) is 0. The summed E-state index contributed by atoms with van der Waals surface area (Å²) < 4.78 is 0.979. The zero-order chi connectivity index (χ0) is 13.1. The number of carbonyl (C=O) groups is 1. The van der Waals surface area contributed by atoms with Crippen LogP contribution >= 0.6 is 28.3 Å². The summed E-state index contributed by atoms with van der Waals surface area (Å²) in [4.78, 5) is 14.1. The Morgan fingerprint density at radius 1 is 1.28 bits per heavy atom. The van der Waals surface area contributed by atoms with Gasteiger partial charge in [-0.25, -0.2) is 0 Å². The van der Waals surface area contributed by atoms with Crippen molar-refractivity contribution in [2.45, 2.75) is 26.3 Å². The first-order chi connectivity index (χ1) is 7.93. The molecular weight excluding hydrogens is 316 g/mol. The summed E-state index contributed by atoms with van der Waals surface area (Å²) >= 11 is 3.37. The number of benzene rings is 1. The maximum Gasteiger partial charge on any atom is 0.246 e. The van der Waals surface area contributed by atoms with Crippen LogP contribution in [0.4, 0.5) is 0 Å². The summed E-state index contributed by atoms with van der Waals surface area (Å²) in [5, 5.41) is 0. The third-order valence-corrected chi connectivity index (χ3v) is 3.47. The maximum atomic E-state index is 12.3. The number of likely N-dealkylation sites (N-methyl/N-ethyl adjacent to an activating group) is 1. The van der Waals surface area contributed by atoms with E-state index in [2.05, 4.69) is 15.9 Å². The van der Waals surface area contributed by atoms with Crippen LogP contribution in [0.5, 0.6) is 0 Å². The van der Waals surface area contributed by atoms with Gasteiger partial charge in [0.15, 0.2) is 0 Å². The minimum atomic E-state index is -0.966. The van der Waals surface area contributed by atoms with Crippen LogP contribution in [-0.4, -0.2) is 23.9 Å². The highest BCUT2D eigenvalue weighted by atomic mass is 79.9. The second-order valence-electron chi connectivity index (χ2n) is 4.19. The first-order valence-corrected chi connectivity index (χ1v) is 6.57. The van der Waals surface area contributed by atoms with E-state index in [1.54, 1.807) is 11.8 Å². The smallest absolute Gasteiger partial charge is 0.246 e. The molecule has 3 nitrogen and oxygen atoms in total. The minimum Gasteiger partial charge on any atom is -0.341 e. The Morgan fingerprint density at radius 3 is 2.11 bits per heavy atom. The molecule has 18 heavy (non-hydrogen) atoms. The third-order valence-electron chi connectivity index (χ3n) is 2.94. The van der Waals surface area contributed by atoms with Crippen LogP contribution < -0.4 is 5.73 Å². The van der Waals surface area contributed by atoms with E-state index in [1.807, 2.05) is 38.1 Å². The Kier molecular flexibility index (Phi) is 6.89.